The number of nitrogens with zero attached hydrogens (tertiary/aromatic N) is 2. The van der Waals surface area contributed by atoms with E-state index in [-0.39, 0.29) is 0 Å². The number of aromatic amines is 1. The Balaban J connectivity index is 2.64. The van der Waals surface area contributed by atoms with Crippen LogP contribution in [0, 0.1) is 0 Å². The molecule has 3 heteroatoms. The van der Waals surface area contributed by atoms with Crippen LogP contribution in [0.25, 0.3) is 17.1 Å². The van der Waals surface area contributed by atoms with Crippen molar-refractivity contribution in [2.75, 3.05) is 6.54 Å². The van der Waals surface area contributed by atoms with Gasteiger partial charge in [0.05, 0.1) is 5.36 Å². The van der Waals surface area contributed by atoms with Gasteiger partial charge in [-0.25, -0.2) is 4.98 Å². The highest BCUT2D eigenvalue weighted by Crippen LogP contribution is 2.01. The van der Waals surface area contributed by atoms with Gasteiger partial charge in [-0.15, -0.1) is 0 Å². The molecular weight excluding hydrogens is 162 g/mol. The first-order valence-electron chi connectivity index (χ1n) is 4.42. The Labute approximate surface area is 74.8 Å². The summed E-state index contributed by atoms with van der Waals surface area (Å²) in [6.07, 6.45) is 7.02. The summed E-state index contributed by atoms with van der Waals surface area (Å²) in [7, 11) is 0. The van der Waals surface area contributed by atoms with E-state index >= 15 is 0 Å². The first kappa shape index (κ1) is 6.83. The van der Waals surface area contributed by atoms with Gasteiger partial charge in [0.15, 0.2) is 0 Å². The van der Waals surface area contributed by atoms with E-state index in [9.17, 15) is 0 Å². The molecule has 0 radical (unpaired) electrons. The fraction of sp³-hybridized carbons (Fsp3) is 0.200. The van der Waals surface area contributed by atoms with Crippen molar-refractivity contribution in [3.05, 3.63) is 29.0 Å². The van der Waals surface area contributed by atoms with Crippen LogP contribution < -0.4 is 10.6 Å². The second-order valence-electron chi connectivity index (χ2n) is 3.18. The van der Waals surface area contributed by atoms with Crippen LogP contribution in [0.15, 0.2) is 23.5 Å². The van der Waals surface area contributed by atoms with E-state index in [1.54, 1.807) is 0 Å². The molecule has 64 valence electrons. The van der Waals surface area contributed by atoms with Gasteiger partial charge in [-0.3, -0.25) is 4.99 Å². The van der Waals surface area contributed by atoms with Crippen LogP contribution in [-0.2, 0) is 0 Å². The molecule has 2 aromatic rings. The second-order valence-corrected chi connectivity index (χ2v) is 3.18. The van der Waals surface area contributed by atoms with E-state index in [1.807, 2.05) is 18.5 Å². The topological polar surface area (TPSA) is 41.0 Å². The van der Waals surface area contributed by atoms with Crippen LogP contribution in [0.3, 0.4) is 0 Å². The van der Waals surface area contributed by atoms with Crippen molar-refractivity contribution in [3.8, 4) is 0 Å². The molecule has 0 aliphatic carbocycles. The molecule has 0 fully saturated rings. The van der Waals surface area contributed by atoms with E-state index in [4.69, 9.17) is 0 Å². The quantitative estimate of drug-likeness (QED) is 0.611. The maximum atomic E-state index is 4.50. The highest BCUT2D eigenvalue weighted by atomic mass is 14.8. The van der Waals surface area contributed by atoms with Crippen molar-refractivity contribution in [1.82, 2.24) is 9.97 Å². The smallest absolute Gasteiger partial charge is 0.139 e. The minimum absolute atomic E-state index is 0.900. The standard InChI is InChI=1S/C10H9N3/c1-2-7-6-13-10-8(3-5-12-10)9(7)11-4-1/h2-3,5-6,12H,1,4H2. The van der Waals surface area contributed by atoms with Crippen molar-refractivity contribution >= 4 is 17.1 Å². The van der Waals surface area contributed by atoms with Crippen molar-refractivity contribution in [1.29, 1.82) is 0 Å². The molecule has 0 unspecified atom stereocenters. The van der Waals surface area contributed by atoms with E-state index in [2.05, 4.69) is 21.0 Å². The summed E-state index contributed by atoms with van der Waals surface area (Å²) < 4.78 is 0. The normalized spacial score (nSPS) is 14.8. The zero-order valence-electron chi connectivity index (χ0n) is 7.12. The van der Waals surface area contributed by atoms with Gasteiger partial charge in [0.2, 0.25) is 0 Å². The summed E-state index contributed by atoms with van der Waals surface area (Å²) in [6.45, 7) is 0.900. The maximum absolute atomic E-state index is 4.50. The Bertz CT molecular complexity index is 565. The number of fused-ring (bicyclic) bond motifs is 3. The number of pyridine rings is 1. The molecular formula is C10H9N3. The molecule has 0 amide bonds. The molecule has 0 spiro atoms. The number of H-pyrrole nitrogens is 1. The zero-order valence-corrected chi connectivity index (χ0v) is 7.12. The van der Waals surface area contributed by atoms with Gasteiger partial charge >= 0.3 is 0 Å². The first-order valence-corrected chi connectivity index (χ1v) is 4.42. The third-order valence-electron chi connectivity index (χ3n) is 2.35. The molecule has 0 atom stereocenters. The second kappa shape index (κ2) is 2.42. The lowest BCUT2D eigenvalue weighted by atomic mass is 10.2. The largest absolute Gasteiger partial charge is 0.346 e. The Morgan fingerprint density at radius 1 is 1.38 bits per heavy atom. The number of aromatic nitrogens is 2. The van der Waals surface area contributed by atoms with E-state index in [0.717, 1.165) is 29.4 Å². The monoisotopic (exact) mass is 171 g/mol. The lowest BCUT2D eigenvalue weighted by molar-refractivity contribution is 0.963. The zero-order chi connectivity index (χ0) is 8.67. The Hall–Kier alpha value is -1.64. The summed E-state index contributed by atoms with van der Waals surface area (Å²) in [5, 5.41) is 3.39. The summed E-state index contributed by atoms with van der Waals surface area (Å²) in [5.41, 5.74) is 0.929. The fourth-order valence-electron chi connectivity index (χ4n) is 1.73. The minimum Gasteiger partial charge on any atom is -0.346 e. The lowest BCUT2D eigenvalue weighted by Crippen LogP contribution is -2.29. The highest BCUT2D eigenvalue weighted by Gasteiger charge is 2.01. The van der Waals surface area contributed by atoms with Crippen molar-refractivity contribution in [3.63, 3.8) is 0 Å². The third kappa shape index (κ3) is 0.900. The van der Waals surface area contributed by atoms with Gasteiger partial charge in [0, 0.05) is 29.5 Å². The predicted molar refractivity (Wildman–Crippen MR) is 50.8 cm³/mol. The average molecular weight is 171 g/mol. The van der Waals surface area contributed by atoms with Gasteiger partial charge in [-0.05, 0) is 12.5 Å². The number of rotatable bonds is 0. The molecule has 0 bridgehead atoms. The number of hydrogen-bond acceptors (Lipinski definition) is 2. The molecule has 1 N–H and O–H groups in total. The maximum Gasteiger partial charge on any atom is 0.139 e. The van der Waals surface area contributed by atoms with E-state index in [0.29, 0.717) is 0 Å². The lowest BCUT2D eigenvalue weighted by Gasteiger charge is -1.99. The summed E-state index contributed by atoms with van der Waals surface area (Å²) in [6, 6.07) is 2.03. The van der Waals surface area contributed by atoms with E-state index in [1.165, 1.54) is 5.22 Å². The third-order valence-corrected chi connectivity index (χ3v) is 2.35. The molecule has 1 aliphatic heterocycles. The highest BCUT2D eigenvalue weighted by molar-refractivity contribution is 5.74. The van der Waals surface area contributed by atoms with Crippen LogP contribution in [0.4, 0.5) is 0 Å². The number of hydrogen-bond donors (Lipinski definition) is 1. The Kier molecular flexibility index (Phi) is 1.27. The summed E-state index contributed by atoms with van der Waals surface area (Å²) >= 11 is 0. The van der Waals surface area contributed by atoms with Crippen molar-refractivity contribution in [2.45, 2.75) is 6.42 Å². The molecule has 3 rings (SSSR count). The average Bonchev–Trinajstić information content (AvgIpc) is 2.65. The molecule has 0 saturated carbocycles. The van der Waals surface area contributed by atoms with Gasteiger partial charge in [0.1, 0.15) is 5.65 Å². The Morgan fingerprint density at radius 2 is 2.38 bits per heavy atom. The molecule has 2 aromatic heterocycles. The SMILES string of the molecule is C1=c2cnc3[nH]ccc3c2=NCC1. The predicted octanol–water partition coefficient (Wildman–Crippen LogP) is 0.367. The van der Waals surface area contributed by atoms with Crippen LogP contribution in [-0.4, -0.2) is 16.5 Å². The first-order chi connectivity index (χ1) is 6.45. The fourth-order valence-corrected chi connectivity index (χ4v) is 1.73. The number of nitrogens with one attached hydrogen (secondary N) is 1. The van der Waals surface area contributed by atoms with Crippen molar-refractivity contribution in [2.24, 2.45) is 4.99 Å². The van der Waals surface area contributed by atoms with Crippen molar-refractivity contribution < 1.29 is 0 Å². The Morgan fingerprint density at radius 3 is 3.38 bits per heavy atom. The van der Waals surface area contributed by atoms with Crippen LogP contribution >= 0.6 is 0 Å². The van der Waals surface area contributed by atoms with Gasteiger partial charge in [0.25, 0.3) is 0 Å². The molecule has 0 aromatic carbocycles. The van der Waals surface area contributed by atoms with Gasteiger partial charge in [-0.1, -0.05) is 6.08 Å². The molecule has 13 heavy (non-hydrogen) atoms. The van der Waals surface area contributed by atoms with Crippen LogP contribution in [0.1, 0.15) is 6.42 Å². The summed E-state index contributed by atoms with van der Waals surface area (Å²) in [5.74, 6) is 0. The summed E-state index contributed by atoms with van der Waals surface area (Å²) in [4.78, 5) is 11.9. The van der Waals surface area contributed by atoms with Gasteiger partial charge < -0.3 is 4.98 Å². The van der Waals surface area contributed by atoms with E-state index < -0.39 is 0 Å². The van der Waals surface area contributed by atoms with Gasteiger partial charge in [-0.2, -0.15) is 0 Å². The molecule has 3 nitrogen and oxygen atoms in total. The molecule has 3 heterocycles. The van der Waals surface area contributed by atoms with Crippen LogP contribution in [0.5, 0.6) is 0 Å². The molecule has 1 aliphatic rings. The van der Waals surface area contributed by atoms with Crippen LogP contribution in [0.2, 0.25) is 0 Å². The minimum atomic E-state index is 0.900. The molecule has 0 saturated heterocycles.